The third-order valence-electron chi connectivity index (χ3n) is 3.90. The largest absolute Gasteiger partial charge is 0.462 e. The Morgan fingerprint density at radius 2 is 1.79 bits per heavy atom. The SMILES string of the molecule is CCOC(=O)c1ccc(C)c(NC(=O)CN(c2ccc(F)c(F)c2)S(C)(=O)=O)c1. The number of aryl methyl sites for hydroxylation is 1. The van der Waals surface area contributed by atoms with Crippen molar-refractivity contribution in [1.82, 2.24) is 0 Å². The third kappa shape index (κ3) is 5.74. The first-order valence-electron chi connectivity index (χ1n) is 8.53. The summed E-state index contributed by atoms with van der Waals surface area (Å²) < 4.78 is 56.4. The molecule has 0 aliphatic rings. The summed E-state index contributed by atoms with van der Waals surface area (Å²) in [5.41, 5.74) is 0.941. The highest BCUT2D eigenvalue weighted by Crippen LogP contribution is 2.22. The first-order chi connectivity index (χ1) is 13.5. The molecule has 1 amide bonds. The molecule has 29 heavy (non-hydrogen) atoms. The Morgan fingerprint density at radius 1 is 1.10 bits per heavy atom. The number of hydrogen-bond acceptors (Lipinski definition) is 5. The molecule has 2 rings (SSSR count). The summed E-state index contributed by atoms with van der Waals surface area (Å²) in [6.45, 7) is 2.86. The summed E-state index contributed by atoms with van der Waals surface area (Å²) >= 11 is 0. The van der Waals surface area contributed by atoms with Crippen LogP contribution >= 0.6 is 0 Å². The van der Waals surface area contributed by atoms with Gasteiger partial charge < -0.3 is 10.1 Å². The van der Waals surface area contributed by atoms with Crippen LogP contribution in [0.15, 0.2) is 36.4 Å². The summed E-state index contributed by atoms with van der Waals surface area (Å²) in [5, 5.41) is 2.53. The lowest BCUT2D eigenvalue weighted by Crippen LogP contribution is -2.37. The fourth-order valence-electron chi connectivity index (χ4n) is 2.46. The van der Waals surface area contributed by atoms with Crippen molar-refractivity contribution in [2.75, 3.05) is 29.0 Å². The highest BCUT2D eigenvalue weighted by molar-refractivity contribution is 7.92. The average Bonchev–Trinajstić information content (AvgIpc) is 2.63. The summed E-state index contributed by atoms with van der Waals surface area (Å²) in [6.07, 6.45) is 0.841. The monoisotopic (exact) mass is 426 g/mol. The molecular formula is C19H20F2N2O5S. The van der Waals surface area contributed by atoms with Crippen LogP contribution in [-0.2, 0) is 19.6 Å². The number of halogens is 2. The molecule has 0 saturated heterocycles. The molecule has 0 heterocycles. The van der Waals surface area contributed by atoms with Crippen molar-refractivity contribution in [3.05, 3.63) is 59.2 Å². The molecule has 156 valence electrons. The van der Waals surface area contributed by atoms with E-state index in [1.165, 1.54) is 12.1 Å². The van der Waals surface area contributed by atoms with Gasteiger partial charge in [0, 0.05) is 11.8 Å². The molecule has 7 nitrogen and oxygen atoms in total. The van der Waals surface area contributed by atoms with Crippen LogP contribution in [-0.4, -0.2) is 39.7 Å². The Labute approximate surface area is 167 Å². The number of anilines is 2. The van der Waals surface area contributed by atoms with Crippen LogP contribution in [0.1, 0.15) is 22.8 Å². The predicted molar refractivity (Wildman–Crippen MR) is 104 cm³/mol. The van der Waals surface area contributed by atoms with Crippen LogP contribution < -0.4 is 9.62 Å². The lowest BCUT2D eigenvalue weighted by Gasteiger charge is -2.22. The maximum absolute atomic E-state index is 13.5. The highest BCUT2D eigenvalue weighted by Gasteiger charge is 2.22. The Morgan fingerprint density at radius 3 is 2.38 bits per heavy atom. The van der Waals surface area contributed by atoms with E-state index < -0.39 is 40.1 Å². The number of nitrogens with zero attached hydrogens (tertiary/aromatic N) is 1. The standard InChI is InChI=1S/C19H20F2N2O5S/c1-4-28-19(25)13-6-5-12(2)17(9-13)22-18(24)11-23(29(3,26)27)14-7-8-15(20)16(21)10-14/h5-10H,4,11H2,1-3H3,(H,22,24). The normalized spacial score (nSPS) is 11.1. The number of benzene rings is 2. The van der Waals surface area contributed by atoms with Crippen molar-refractivity contribution in [3.8, 4) is 0 Å². The van der Waals surface area contributed by atoms with Crippen molar-refractivity contribution in [1.29, 1.82) is 0 Å². The molecule has 0 aromatic heterocycles. The third-order valence-corrected chi connectivity index (χ3v) is 5.04. The summed E-state index contributed by atoms with van der Waals surface area (Å²) in [6, 6.07) is 7.07. The van der Waals surface area contributed by atoms with Gasteiger partial charge >= 0.3 is 5.97 Å². The van der Waals surface area contributed by atoms with Crippen molar-refractivity contribution >= 4 is 33.3 Å². The Kier molecular flexibility index (Phi) is 6.91. The molecule has 10 heteroatoms. The van der Waals surface area contributed by atoms with Gasteiger partial charge in [-0.05, 0) is 43.7 Å². The predicted octanol–water partition coefficient (Wildman–Crippen LogP) is 2.85. The van der Waals surface area contributed by atoms with Crippen molar-refractivity contribution in [2.24, 2.45) is 0 Å². The quantitative estimate of drug-likeness (QED) is 0.688. The molecule has 1 N–H and O–H groups in total. The van der Waals surface area contributed by atoms with E-state index in [-0.39, 0.29) is 17.9 Å². The molecule has 0 unspecified atom stereocenters. The zero-order chi connectivity index (χ0) is 21.8. The summed E-state index contributed by atoms with van der Waals surface area (Å²) in [4.78, 5) is 24.3. The number of esters is 1. The van der Waals surface area contributed by atoms with E-state index >= 15 is 0 Å². The number of nitrogens with one attached hydrogen (secondary N) is 1. The molecular weight excluding hydrogens is 406 g/mol. The zero-order valence-electron chi connectivity index (χ0n) is 16.0. The van der Waals surface area contributed by atoms with E-state index in [4.69, 9.17) is 4.74 Å². The van der Waals surface area contributed by atoms with Crippen molar-refractivity contribution in [3.63, 3.8) is 0 Å². The second kappa shape index (κ2) is 8.99. The molecule has 0 spiro atoms. The minimum Gasteiger partial charge on any atom is -0.462 e. The number of hydrogen-bond donors (Lipinski definition) is 1. The van der Waals surface area contributed by atoms with Crippen LogP contribution in [0.5, 0.6) is 0 Å². The van der Waals surface area contributed by atoms with E-state index in [0.717, 1.165) is 18.4 Å². The molecule has 2 aromatic carbocycles. The van der Waals surface area contributed by atoms with Gasteiger partial charge in [0.1, 0.15) is 6.54 Å². The summed E-state index contributed by atoms with van der Waals surface area (Å²) in [5.74, 6) is -3.68. The van der Waals surface area contributed by atoms with Gasteiger partial charge in [-0.25, -0.2) is 22.0 Å². The molecule has 0 saturated carbocycles. The van der Waals surface area contributed by atoms with Crippen molar-refractivity contribution in [2.45, 2.75) is 13.8 Å². The van der Waals surface area contributed by atoms with E-state index in [0.29, 0.717) is 21.6 Å². The Balaban J connectivity index is 2.26. The van der Waals surface area contributed by atoms with Gasteiger partial charge in [0.2, 0.25) is 15.9 Å². The number of sulfonamides is 1. The smallest absolute Gasteiger partial charge is 0.338 e. The van der Waals surface area contributed by atoms with E-state index in [1.54, 1.807) is 19.9 Å². The van der Waals surface area contributed by atoms with Crippen LogP contribution in [0.2, 0.25) is 0 Å². The number of carbonyl (C=O) groups excluding carboxylic acids is 2. The highest BCUT2D eigenvalue weighted by atomic mass is 32.2. The van der Waals surface area contributed by atoms with E-state index in [2.05, 4.69) is 5.32 Å². The maximum Gasteiger partial charge on any atom is 0.338 e. The molecule has 0 bridgehead atoms. The molecule has 0 aliphatic heterocycles. The van der Waals surface area contributed by atoms with Crippen LogP contribution in [0.3, 0.4) is 0 Å². The van der Waals surface area contributed by atoms with Crippen LogP contribution in [0.4, 0.5) is 20.2 Å². The lowest BCUT2D eigenvalue weighted by atomic mass is 10.1. The van der Waals surface area contributed by atoms with Gasteiger partial charge in [-0.15, -0.1) is 0 Å². The number of ether oxygens (including phenoxy) is 1. The summed E-state index contributed by atoms with van der Waals surface area (Å²) in [7, 11) is -3.96. The molecule has 0 fully saturated rings. The van der Waals surface area contributed by atoms with Gasteiger partial charge in [0.15, 0.2) is 11.6 Å². The first kappa shape index (κ1) is 22.3. The van der Waals surface area contributed by atoms with Crippen LogP contribution in [0.25, 0.3) is 0 Å². The number of amides is 1. The topological polar surface area (TPSA) is 92.8 Å². The van der Waals surface area contributed by atoms with E-state index in [9.17, 15) is 26.8 Å². The zero-order valence-corrected chi connectivity index (χ0v) is 16.8. The van der Waals surface area contributed by atoms with Gasteiger partial charge in [-0.1, -0.05) is 6.07 Å². The Bertz CT molecular complexity index is 1040. The van der Waals surface area contributed by atoms with Gasteiger partial charge in [0.25, 0.3) is 0 Å². The fraction of sp³-hybridized carbons (Fsp3) is 0.263. The van der Waals surface area contributed by atoms with Crippen LogP contribution in [0, 0.1) is 18.6 Å². The second-order valence-corrected chi connectivity index (χ2v) is 8.07. The van der Waals surface area contributed by atoms with E-state index in [1.807, 2.05) is 0 Å². The second-order valence-electron chi connectivity index (χ2n) is 6.17. The minimum absolute atomic E-state index is 0.186. The lowest BCUT2D eigenvalue weighted by molar-refractivity contribution is -0.114. The van der Waals surface area contributed by atoms with Gasteiger partial charge in [-0.3, -0.25) is 9.10 Å². The Hall–Kier alpha value is -3.01. The molecule has 0 radical (unpaired) electrons. The van der Waals surface area contributed by atoms with Gasteiger partial charge in [-0.2, -0.15) is 0 Å². The van der Waals surface area contributed by atoms with Crippen molar-refractivity contribution < 1.29 is 31.5 Å². The minimum atomic E-state index is -3.96. The average molecular weight is 426 g/mol. The first-order valence-corrected chi connectivity index (χ1v) is 10.4. The molecule has 2 aromatic rings. The fourth-order valence-corrected chi connectivity index (χ4v) is 3.31. The molecule has 0 aliphatic carbocycles. The molecule has 0 atom stereocenters. The number of carbonyl (C=O) groups is 2. The van der Waals surface area contributed by atoms with Gasteiger partial charge in [0.05, 0.1) is 24.1 Å². The maximum atomic E-state index is 13.5. The number of rotatable bonds is 7.